The van der Waals surface area contributed by atoms with Gasteiger partial charge in [-0.2, -0.15) is 0 Å². The molecular weight excluding hydrogens is 390 g/mol. The fourth-order valence-corrected chi connectivity index (χ4v) is 4.13. The molecule has 3 nitrogen and oxygen atoms in total. The Morgan fingerprint density at radius 3 is 2.06 bits per heavy atom. The molecular formula is C29H31N3. The smallest absolute Gasteiger partial charge is 0.0894 e. The SMILES string of the molecule is CCCCCC[C@@H](Cc1ccccc1)c1cccc(-c2cccc(-c3ccccn3)n2)n1. The largest absolute Gasteiger partial charge is 0.255 e. The van der Waals surface area contributed by atoms with Crippen molar-refractivity contribution in [2.75, 3.05) is 0 Å². The summed E-state index contributed by atoms with van der Waals surface area (Å²) >= 11 is 0. The molecule has 0 aliphatic rings. The second kappa shape index (κ2) is 11.3. The molecule has 4 rings (SSSR count). The summed E-state index contributed by atoms with van der Waals surface area (Å²) in [7, 11) is 0. The van der Waals surface area contributed by atoms with Crippen LogP contribution >= 0.6 is 0 Å². The number of pyridine rings is 3. The lowest BCUT2D eigenvalue weighted by atomic mass is 9.90. The van der Waals surface area contributed by atoms with Crippen LogP contribution in [0.25, 0.3) is 22.8 Å². The molecule has 1 aromatic carbocycles. The first-order valence-corrected chi connectivity index (χ1v) is 11.7. The predicted molar refractivity (Wildman–Crippen MR) is 132 cm³/mol. The number of nitrogens with zero attached hydrogens (tertiary/aromatic N) is 3. The standard InChI is InChI=1S/C29H31N3/c1-2-3-4-8-15-24(22-23-13-6-5-7-14-23)25-17-11-19-28(31-25)29-20-12-18-27(32-29)26-16-9-10-21-30-26/h5-7,9-14,16-21,24H,2-4,8,15,22H2,1H3/t24-/m0/s1. The van der Waals surface area contributed by atoms with Crippen LogP contribution in [0.4, 0.5) is 0 Å². The lowest BCUT2D eigenvalue weighted by Crippen LogP contribution is -2.06. The van der Waals surface area contributed by atoms with Crippen LogP contribution in [-0.2, 0) is 6.42 Å². The van der Waals surface area contributed by atoms with Crippen LogP contribution in [0.3, 0.4) is 0 Å². The fraction of sp³-hybridized carbons (Fsp3) is 0.276. The summed E-state index contributed by atoms with van der Waals surface area (Å²) < 4.78 is 0. The number of unbranched alkanes of at least 4 members (excludes halogenated alkanes) is 3. The van der Waals surface area contributed by atoms with Crippen molar-refractivity contribution in [1.82, 2.24) is 15.0 Å². The fourth-order valence-electron chi connectivity index (χ4n) is 4.13. The molecule has 0 amide bonds. The van der Waals surface area contributed by atoms with E-state index < -0.39 is 0 Å². The number of aromatic nitrogens is 3. The van der Waals surface area contributed by atoms with Crippen LogP contribution in [0.5, 0.6) is 0 Å². The highest BCUT2D eigenvalue weighted by Crippen LogP contribution is 2.28. The Morgan fingerprint density at radius 2 is 1.31 bits per heavy atom. The molecule has 3 aromatic heterocycles. The third-order valence-electron chi connectivity index (χ3n) is 5.86. The Balaban J connectivity index is 1.60. The molecule has 162 valence electrons. The van der Waals surface area contributed by atoms with Crippen molar-refractivity contribution in [3.8, 4) is 22.8 Å². The molecule has 0 radical (unpaired) electrons. The van der Waals surface area contributed by atoms with E-state index in [4.69, 9.17) is 9.97 Å². The molecule has 3 heteroatoms. The number of benzene rings is 1. The van der Waals surface area contributed by atoms with Crippen LogP contribution in [0.15, 0.2) is 91.1 Å². The predicted octanol–water partition coefficient (Wildman–Crippen LogP) is 7.50. The van der Waals surface area contributed by atoms with E-state index >= 15 is 0 Å². The lowest BCUT2D eigenvalue weighted by Gasteiger charge is -2.18. The quantitative estimate of drug-likeness (QED) is 0.249. The van der Waals surface area contributed by atoms with Crippen molar-refractivity contribution >= 4 is 0 Å². The Hall–Kier alpha value is -3.33. The van der Waals surface area contributed by atoms with Gasteiger partial charge in [0.1, 0.15) is 0 Å². The van der Waals surface area contributed by atoms with E-state index in [1.54, 1.807) is 6.20 Å². The van der Waals surface area contributed by atoms with Crippen LogP contribution < -0.4 is 0 Å². The molecule has 0 N–H and O–H groups in total. The molecule has 0 bridgehead atoms. The van der Waals surface area contributed by atoms with Gasteiger partial charge in [0.25, 0.3) is 0 Å². The summed E-state index contributed by atoms with van der Waals surface area (Å²) in [6.07, 6.45) is 9.07. The van der Waals surface area contributed by atoms with Gasteiger partial charge in [-0.3, -0.25) is 9.97 Å². The summed E-state index contributed by atoms with van der Waals surface area (Å²) in [4.78, 5) is 14.4. The summed E-state index contributed by atoms with van der Waals surface area (Å²) in [5, 5.41) is 0. The van der Waals surface area contributed by atoms with Gasteiger partial charge in [-0.15, -0.1) is 0 Å². The van der Waals surface area contributed by atoms with Crippen molar-refractivity contribution in [3.63, 3.8) is 0 Å². The second-order valence-corrected chi connectivity index (χ2v) is 8.31. The highest BCUT2D eigenvalue weighted by molar-refractivity contribution is 5.61. The maximum absolute atomic E-state index is 5.09. The van der Waals surface area contributed by atoms with Crippen molar-refractivity contribution < 1.29 is 0 Å². The zero-order valence-corrected chi connectivity index (χ0v) is 18.8. The van der Waals surface area contributed by atoms with Gasteiger partial charge in [-0.25, -0.2) is 4.98 Å². The topological polar surface area (TPSA) is 38.7 Å². The Bertz CT molecular complexity index is 1090. The summed E-state index contributed by atoms with van der Waals surface area (Å²) in [6, 6.07) is 29.1. The molecule has 0 aliphatic heterocycles. The summed E-state index contributed by atoms with van der Waals surface area (Å²) in [5.74, 6) is 0.410. The Morgan fingerprint density at radius 1 is 0.625 bits per heavy atom. The maximum Gasteiger partial charge on any atom is 0.0894 e. The first-order chi connectivity index (χ1) is 15.8. The highest BCUT2D eigenvalue weighted by Gasteiger charge is 2.15. The van der Waals surface area contributed by atoms with Crippen LogP contribution in [0, 0.1) is 0 Å². The van der Waals surface area contributed by atoms with E-state index in [1.807, 2.05) is 36.4 Å². The Kier molecular flexibility index (Phi) is 7.75. The minimum atomic E-state index is 0.410. The first-order valence-electron chi connectivity index (χ1n) is 11.7. The van der Waals surface area contributed by atoms with E-state index in [-0.39, 0.29) is 0 Å². The van der Waals surface area contributed by atoms with E-state index in [0.717, 1.165) is 41.3 Å². The van der Waals surface area contributed by atoms with E-state index in [2.05, 4.69) is 60.4 Å². The van der Waals surface area contributed by atoms with Crippen LogP contribution in [0.2, 0.25) is 0 Å². The van der Waals surface area contributed by atoms with Crippen LogP contribution in [-0.4, -0.2) is 15.0 Å². The molecule has 0 saturated heterocycles. The minimum Gasteiger partial charge on any atom is -0.255 e. The third kappa shape index (κ3) is 5.88. The Labute approximate surface area is 191 Å². The summed E-state index contributed by atoms with van der Waals surface area (Å²) in [6.45, 7) is 2.26. The van der Waals surface area contributed by atoms with Crippen LogP contribution in [0.1, 0.15) is 56.2 Å². The molecule has 0 spiro atoms. The van der Waals surface area contributed by atoms with Gasteiger partial charge >= 0.3 is 0 Å². The third-order valence-corrected chi connectivity index (χ3v) is 5.86. The molecule has 3 heterocycles. The first kappa shape index (κ1) is 21.9. The van der Waals surface area contributed by atoms with Gasteiger partial charge in [0.05, 0.1) is 22.8 Å². The molecule has 4 aromatic rings. The average Bonchev–Trinajstić information content (AvgIpc) is 2.87. The average molecular weight is 422 g/mol. The highest BCUT2D eigenvalue weighted by atomic mass is 14.8. The lowest BCUT2D eigenvalue weighted by molar-refractivity contribution is 0.542. The molecule has 0 aliphatic carbocycles. The van der Waals surface area contributed by atoms with Crippen molar-refractivity contribution in [1.29, 1.82) is 0 Å². The number of hydrogen-bond donors (Lipinski definition) is 0. The van der Waals surface area contributed by atoms with Crippen molar-refractivity contribution in [2.24, 2.45) is 0 Å². The minimum absolute atomic E-state index is 0.410. The maximum atomic E-state index is 5.09. The number of rotatable bonds is 10. The zero-order valence-electron chi connectivity index (χ0n) is 18.8. The normalized spacial score (nSPS) is 11.9. The summed E-state index contributed by atoms with van der Waals surface area (Å²) in [5.41, 5.74) is 6.09. The molecule has 0 fully saturated rings. The van der Waals surface area contributed by atoms with Gasteiger partial charge < -0.3 is 0 Å². The van der Waals surface area contributed by atoms with E-state index in [1.165, 1.54) is 31.2 Å². The monoisotopic (exact) mass is 421 g/mol. The molecule has 1 atom stereocenters. The van der Waals surface area contributed by atoms with Crippen molar-refractivity contribution in [3.05, 3.63) is 102 Å². The van der Waals surface area contributed by atoms with Gasteiger partial charge in [0.15, 0.2) is 0 Å². The van der Waals surface area contributed by atoms with Gasteiger partial charge in [0, 0.05) is 17.8 Å². The van der Waals surface area contributed by atoms with Crippen molar-refractivity contribution in [2.45, 2.75) is 51.4 Å². The molecule has 0 unspecified atom stereocenters. The molecule has 32 heavy (non-hydrogen) atoms. The van der Waals surface area contributed by atoms with Gasteiger partial charge in [-0.1, -0.05) is 81.1 Å². The number of hydrogen-bond acceptors (Lipinski definition) is 3. The second-order valence-electron chi connectivity index (χ2n) is 8.31. The molecule has 0 saturated carbocycles. The van der Waals surface area contributed by atoms with E-state index in [9.17, 15) is 0 Å². The van der Waals surface area contributed by atoms with Gasteiger partial charge in [-0.05, 0) is 54.8 Å². The zero-order chi connectivity index (χ0) is 22.0. The van der Waals surface area contributed by atoms with E-state index in [0.29, 0.717) is 5.92 Å². The van der Waals surface area contributed by atoms with Gasteiger partial charge in [0.2, 0.25) is 0 Å².